The van der Waals surface area contributed by atoms with E-state index in [9.17, 15) is 0 Å². The van der Waals surface area contributed by atoms with Gasteiger partial charge in [0, 0.05) is 25.0 Å². The largest absolute Gasteiger partial charge is 0.487 e. The van der Waals surface area contributed by atoms with E-state index < -0.39 is 0 Å². The molecule has 0 aromatic heterocycles. The van der Waals surface area contributed by atoms with Crippen molar-refractivity contribution in [1.29, 1.82) is 0 Å². The maximum absolute atomic E-state index is 5.96. The summed E-state index contributed by atoms with van der Waals surface area (Å²) < 4.78 is 11.7. The van der Waals surface area contributed by atoms with E-state index in [1.54, 1.807) is 0 Å². The van der Waals surface area contributed by atoms with Gasteiger partial charge in [0.1, 0.15) is 11.4 Å². The van der Waals surface area contributed by atoms with Crippen LogP contribution >= 0.6 is 0 Å². The van der Waals surface area contributed by atoms with Gasteiger partial charge < -0.3 is 14.8 Å². The molecular weight excluding hydrogens is 250 g/mol. The van der Waals surface area contributed by atoms with Crippen LogP contribution in [0.4, 0.5) is 0 Å². The number of hydrogen-bond donors (Lipinski definition) is 1. The predicted octanol–water partition coefficient (Wildman–Crippen LogP) is 3.09. The zero-order valence-electron chi connectivity index (χ0n) is 12.9. The van der Waals surface area contributed by atoms with Crippen LogP contribution in [0, 0.1) is 5.92 Å². The van der Waals surface area contributed by atoms with Crippen molar-refractivity contribution in [2.24, 2.45) is 5.92 Å². The third kappa shape index (κ3) is 2.45. The van der Waals surface area contributed by atoms with Crippen LogP contribution in [-0.4, -0.2) is 25.4 Å². The van der Waals surface area contributed by atoms with Gasteiger partial charge in [0.2, 0.25) is 0 Å². The van der Waals surface area contributed by atoms with Crippen molar-refractivity contribution in [3.05, 3.63) is 29.3 Å². The lowest BCUT2D eigenvalue weighted by Crippen LogP contribution is -2.29. The highest BCUT2D eigenvalue weighted by Gasteiger charge is 2.34. The first-order valence-corrected chi connectivity index (χ1v) is 7.61. The molecule has 0 saturated carbocycles. The molecule has 1 fully saturated rings. The fourth-order valence-corrected chi connectivity index (χ4v) is 3.64. The van der Waals surface area contributed by atoms with Crippen LogP contribution in [-0.2, 0) is 11.2 Å². The van der Waals surface area contributed by atoms with Gasteiger partial charge in [-0.05, 0) is 51.4 Å². The van der Waals surface area contributed by atoms with Crippen LogP contribution in [0.3, 0.4) is 0 Å². The van der Waals surface area contributed by atoms with Crippen molar-refractivity contribution in [1.82, 2.24) is 5.32 Å². The molecule has 0 spiro atoms. The summed E-state index contributed by atoms with van der Waals surface area (Å²) in [6.07, 6.45) is 2.45. The molecule has 1 aromatic carbocycles. The number of nitrogens with one attached hydrogen (secondary N) is 1. The van der Waals surface area contributed by atoms with Crippen LogP contribution < -0.4 is 10.1 Å². The van der Waals surface area contributed by atoms with Crippen molar-refractivity contribution < 1.29 is 9.47 Å². The van der Waals surface area contributed by atoms with Crippen molar-refractivity contribution in [3.63, 3.8) is 0 Å². The van der Waals surface area contributed by atoms with E-state index in [1.807, 2.05) is 7.05 Å². The predicted molar refractivity (Wildman–Crippen MR) is 80.2 cm³/mol. The van der Waals surface area contributed by atoms with E-state index in [2.05, 4.69) is 44.3 Å². The molecule has 2 heterocycles. The summed E-state index contributed by atoms with van der Waals surface area (Å²) in [7, 11) is 2.05. The summed E-state index contributed by atoms with van der Waals surface area (Å²) in [5, 5.41) is 3.48. The zero-order chi connectivity index (χ0) is 14.3. The molecule has 0 aliphatic carbocycles. The quantitative estimate of drug-likeness (QED) is 0.919. The Hall–Kier alpha value is -1.06. The van der Waals surface area contributed by atoms with Gasteiger partial charge in [-0.25, -0.2) is 0 Å². The molecule has 2 aliphatic rings. The molecule has 20 heavy (non-hydrogen) atoms. The molecule has 2 aliphatic heterocycles. The highest BCUT2D eigenvalue weighted by atomic mass is 16.5. The standard InChI is InChI=1S/C17H25NO2/c1-11-14(7-8-19-11)16(18-4)12-5-6-15-13(9-12)10-17(2,3)20-15/h5-6,9,11,14,16,18H,7-8,10H2,1-4H3. The summed E-state index contributed by atoms with van der Waals surface area (Å²) >= 11 is 0. The average molecular weight is 275 g/mol. The van der Waals surface area contributed by atoms with E-state index in [4.69, 9.17) is 9.47 Å². The monoisotopic (exact) mass is 275 g/mol. The van der Waals surface area contributed by atoms with Crippen LogP contribution in [0.1, 0.15) is 44.4 Å². The number of fused-ring (bicyclic) bond motifs is 1. The highest BCUT2D eigenvalue weighted by molar-refractivity contribution is 5.43. The maximum atomic E-state index is 5.96. The Morgan fingerprint density at radius 1 is 1.35 bits per heavy atom. The molecule has 3 atom stereocenters. The van der Waals surface area contributed by atoms with Crippen molar-refractivity contribution in [2.45, 2.75) is 51.4 Å². The first-order chi connectivity index (χ1) is 9.50. The Bertz CT molecular complexity index is 498. The molecule has 0 amide bonds. The smallest absolute Gasteiger partial charge is 0.123 e. The van der Waals surface area contributed by atoms with Gasteiger partial charge in [-0.1, -0.05) is 12.1 Å². The Morgan fingerprint density at radius 2 is 2.15 bits per heavy atom. The normalized spacial score (nSPS) is 29.0. The summed E-state index contributed by atoms with van der Waals surface area (Å²) in [5.74, 6) is 1.60. The van der Waals surface area contributed by atoms with Gasteiger partial charge in [0.05, 0.1) is 6.10 Å². The van der Waals surface area contributed by atoms with Crippen molar-refractivity contribution in [2.75, 3.05) is 13.7 Å². The maximum Gasteiger partial charge on any atom is 0.123 e. The van der Waals surface area contributed by atoms with Crippen molar-refractivity contribution in [3.8, 4) is 5.75 Å². The molecule has 3 heteroatoms. The van der Waals surface area contributed by atoms with E-state index in [1.165, 1.54) is 11.1 Å². The second-order valence-corrected chi connectivity index (χ2v) is 6.70. The molecule has 3 nitrogen and oxygen atoms in total. The minimum absolute atomic E-state index is 0.0696. The Balaban J connectivity index is 1.87. The topological polar surface area (TPSA) is 30.5 Å². The number of rotatable bonds is 3. The average Bonchev–Trinajstić information content (AvgIpc) is 2.92. The minimum Gasteiger partial charge on any atom is -0.487 e. The first-order valence-electron chi connectivity index (χ1n) is 7.61. The molecule has 1 saturated heterocycles. The zero-order valence-corrected chi connectivity index (χ0v) is 12.9. The van der Waals surface area contributed by atoms with E-state index >= 15 is 0 Å². The van der Waals surface area contributed by atoms with Crippen molar-refractivity contribution >= 4 is 0 Å². The van der Waals surface area contributed by atoms with Gasteiger partial charge in [-0.15, -0.1) is 0 Å². The van der Waals surface area contributed by atoms with E-state index in [-0.39, 0.29) is 5.60 Å². The van der Waals surface area contributed by atoms with Crippen LogP contribution in [0.25, 0.3) is 0 Å². The van der Waals surface area contributed by atoms with Crippen LogP contribution in [0.5, 0.6) is 5.75 Å². The molecule has 0 radical (unpaired) electrons. The molecule has 0 bridgehead atoms. The summed E-state index contributed by atoms with van der Waals surface area (Å²) in [6.45, 7) is 7.36. The third-order valence-corrected chi connectivity index (χ3v) is 4.62. The van der Waals surface area contributed by atoms with Gasteiger partial charge in [-0.2, -0.15) is 0 Å². The van der Waals surface area contributed by atoms with Gasteiger partial charge in [0.15, 0.2) is 0 Å². The number of benzene rings is 1. The molecule has 1 N–H and O–H groups in total. The molecule has 110 valence electrons. The first kappa shape index (κ1) is 13.9. The molecule has 1 aromatic rings. The van der Waals surface area contributed by atoms with Gasteiger partial charge in [-0.3, -0.25) is 0 Å². The Morgan fingerprint density at radius 3 is 2.80 bits per heavy atom. The molecule has 3 unspecified atom stereocenters. The second-order valence-electron chi connectivity index (χ2n) is 6.70. The fourth-order valence-electron chi connectivity index (χ4n) is 3.64. The van der Waals surface area contributed by atoms with Gasteiger partial charge in [0.25, 0.3) is 0 Å². The number of hydrogen-bond acceptors (Lipinski definition) is 3. The highest BCUT2D eigenvalue weighted by Crippen LogP contribution is 2.39. The minimum atomic E-state index is -0.0696. The fraction of sp³-hybridized carbons (Fsp3) is 0.647. The lowest BCUT2D eigenvalue weighted by molar-refractivity contribution is 0.0963. The lowest BCUT2D eigenvalue weighted by atomic mass is 9.87. The van der Waals surface area contributed by atoms with Crippen LogP contribution in [0.15, 0.2) is 18.2 Å². The summed E-state index contributed by atoms with van der Waals surface area (Å²) in [5.41, 5.74) is 2.62. The lowest BCUT2D eigenvalue weighted by Gasteiger charge is -2.26. The Kier molecular flexibility index (Phi) is 3.51. The molecular formula is C17H25NO2. The Labute approximate surface area is 121 Å². The SMILES string of the molecule is CNC(c1ccc2c(c1)CC(C)(C)O2)C1CCOC1C. The van der Waals surface area contributed by atoms with E-state index in [0.29, 0.717) is 18.1 Å². The van der Waals surface area contributed by atoms with Crippen LogP contribution in [0.2, 0.25) is 0 Å². The summed E-state index contributed by atoms with van der Waals surface area (Å²) in [6, 6.07) is 7.01. The van der Waals surface area contributed by atoms with Gasteiger partial charge >= 0.3 is 0 Å². The number of ether oxygens (including phenoxy) is 2. The van der Waals surface area contributed by atoms with E-state index in [0.717, 1.165) is 25.2 Å². The summed E-state index contributed by atoms with van der Waals surface area (Å²) in [4.78, 5) is 0. The molecule has 3 rings (SSSR count). The second kappa shape index (κ2) is 5.05. The third-order valence-electron chi connectivity index (χ3n) is 4.62.